The average Bonchev–Trinajstić information content (AvgIpc) is 2.88. The van der Waals surface area contributed by atoms with Gasteiger partial charge in [-0.05, 0) is 58.0 Å². The lowest BCUT2D eigenvalue weighted by Gasteiger charge is -2.18. The van der Waals surface area contributed by atoms with Gasteiger partial charge in [0, 0.05) is 9.35 Å². The smallest absolute Gasteiger partial charge is 0.0671 e. The van der Waals surface area contributed by atoms with Crippen molar-refractivity contribution in [3.8, 4) is 0 Å². The Morgan fingerprint density at radius 2 is 2.22 bits per heavy atom. The number of rotatable bonds is 5. The molecule has 1 unspecified atom stereocenters. The molecule has 2 rings (SSSR count). The van der Waals surface area contributed by atoms with Gasteiger partial charge in [-0.3, -0.25) is 0 Å². The average molecular weight is 345 g/mol. The number of benzene rings is 1. The van der Waals surface area contributed by atoms with Crippen LogP contribution in [-0.2, 0) is 0 Å². The Hall–Kier alpha value is -0.350. The van der Waals surface area contributed by atoms with Gasteiger partial charge in [0.15, 0.2) is 0 Å². The maximum absolute atomic E-state index is 6.18. The predicted octanol–water partition coefficient (Wildman–Crippen LogP) is 5.25. The molecule has 0 saturated carbocycles. The summed E-state index contributed by atoms with van der Waals surface area (Å²) in [6.45, 7) is 3.17. The third kappa shape index (κ3) is 3.35. The molecule has 4 heteroatoms. The van der Waals surface area contributed by atoms with Gasteiger partial charge in [-0.2, -0.15) is 0 Å². The van der Waals surface area contributed by atoms with E-state index in [9.17, 15) is 0 Å². The molecule has 1 aromatic carbocycles. The molecule has 18 heavy (non-hydrogen) atoms. The second-order valence-electron chi connectivity index (χ2n) is 4.08. The number of halogens is 2. The maximum atomic E-state index is 6.18. The molecule has 0 radical (unpaired) electrons. The van der Waals surface area contributed by atoms with Crippen molar-refractivity contribution in [1.29, 1.82) is 0 Å². The predicted molar refractivity (Wildman–Crippen MR) is 83.6 cm³/mol. The van der Waals surface area contributed by atoms with Crippen LogP contribution in [0.5, 0.6) is 0 Å². The molecule has 1 N–H and O–H groups in total. The van der Waals surface area contributed by atoms with E-state index in [2.05, 4.69) is 51.7 Å². The van der Waals surface area contributed by atoms with Crippen LogP contribution in [0.2, 0.25) is 5.02 Å². The molecule has 1 nitrogen and oxygen atoms in total. The molecule has 0 aliphatic rings. The Labute approximate surface area is 125 Å². The van der Waals surface area contributed by atoms with E-state index in [1.807, 2.05) is 12.1 Å². The minimum absolute atomic E-state index is 0.232. The van der Waals surface area contributed by atoms with E-state index >= 15 is 0 Å². The Kier molecular flexibility index (Phi) is 5.25. The number of nitrogens with one attached hydrogen (secondary N) is 1. The fraction of sp³-hybridized carbons (Fsp3) is 0.286. The second kappa shape index (κ2) is 6.71. The first-order valence-corrected chi connectivity index (χ1v) is 7.99. The molecular formula is C14H15BrClNS. The second-order valence-corrected chi connectivity index (χ2v) is 6.32. The summed E-state index contributed by atoms with van der Waals surface area (Å²) in [5.74, 6) is 0. The van der Waals surface area contributed by atoms with Crippen molar-refractivity contribution in [2.75, 3.05) is 6.54 Å². The monoisotopic (exact) mass is 343 g/mol. The van der Waals surface area contributed by atoms with Gasteiger partial charge < -0.3 is 5.32 Å². The zero-order valence-electron chi connectivity index (χ0n) is 10.1. The van der Waals surface area contributed by atoms with Gasteiger partial charge in [0.05, 0.1) is 11.1 Å². The SMILES string of the molecule is CCCNC(c1ccc(Br)c(Cl)c1)c1cccs1. The fourth-order valence-electron chi connectivity index (χ4n) is 1.82. The summed E-state index contributed by atoms with van der Waals surface area (Å²) in [6.07, 6.45) is 1.12. The van der Waals surface area contributed by atoms with Crippen LogP contribution in [0.25, 0.3) is 0 Å². The molecule has 0 saturated heterocycles. The molecule has 1 aromatic heterocycles. The standard InChI is InChI=1S/C14H15BrClNS/c1-2-7-17-14(13-4-3-8-18-13)10-5-6-11(15)12(16)9-10/h3-6,8-9,14,17H,2,7H2,1H3. The highest BCUT2D eigenvalue weighted by Crippen LogP contribution is 2.30. The number of hydrogen-bond donors (Lipinski definition) is 1. The lowest BCUT2D eigenvalue weighted by atomic mass is 10.1. The highest BCUT2D eigenvalue weighted by atomic mass is 79.9. The summed E-state index contributed by atoms with van der Waals surface area (Å²) in [5.41, 5.74) is 1.21. The first-order valence-electron chi connectivity index (χ1n) is 5.94. The summed E-state index contributed by atoms with van der Waals surface area (Å²) in [7, 11) is 0. The zero-order chi connectivity index (χ0) is 13.0. The van der Waals surface area contributed by atoms with E-state index in [0.717, 1.165) is 22.5 Å². The first-order chi connectivity index (χ1) is 8.72. The van der Waals surface area contributed by atoms with Gasteiger partial charge in [0.1, 0.15) is 0 Å². The van der Waals surface area contributed by atoms with Crippen LogP contribution >= 0.6 is 38.9 Å². The topological polar surface area (TPSA) is 12.0 Å². The summed E-state index contributed by atoms with van der Waals surface area (Å²) in [6, 6.07) is 10.6. The molecule has 1 heterocycles. The van der Waals surface area contributed by atoms with Gasteiger partial charge in [-0.25, -0.2) is 0 Å². The Bertz CT molecular complexity index is 499. The van der Waals surface area contributed by atoms with Crippen molar-refractivity contribution < 1.29 is 0 Å². The Morgan fingerprint density at radius 3 is 2.83 bits per heavy atom. The summed E-state index contributed by atoms with van der Waals surface area (Å²) >= 11 is 11.4. The molecule has 0 amide bonds. The van der Waals surface area contributed by atoms with Crippen molar-refractivity contribution in [3.63, 3.8) is 0 Å². The molecule has 0 spiro atoms. The largest absolute Gasteiger partial charge is 0.306 e. The van der Waals surface area contributed by atoms with E-state index in [4.69, 9.17) is 11.6 Å². The van der Waals surface area contributed by atoms with Gasteiger partial charge in [0.25, 0.3) is 0 Å². The van der Waals surface area contributed by atoms with Crippen LogP contribution < -0.4 is 5.32 Å². The quantitative estimate of drug-likeness (QED) is 0.781. The molecular weight excluding hydrogens is 330 g/mol. The van der Waals surface area contributed by atoms with E-state index in [-0.39, 0.29) is 6.04 Å². The number of thiophene rings is 1. The van der Waals surface area contributed by atoms with Crippen LogP contribution in [-0.4, -0.2) is 6.54 Å². The third-order valence-electron chi connectivity index (χ3n) is 2.70. The molecule has 0 aliphatic heterocycles. The Balaban J connectivity index is 2.30. The molecule has 0 bridgehead atoms. The highest BCUT2D eigenvalue weighted by Gasteiger charge is 2.15. The number of hydrogen-bond acceptors (Lipinski definition) is 2. The summed E-state index contributed by atoms with van der Waals surface area (Å²) in [5, 5.41) is 6.44. The van der Waals surface area contributed by atoms with Gasteiger partial charge in [-0.1, -0.05) is 30.7 Å². The van der Waals surface area contributed by atoms with E-state index < -0.39 is 0 Å². The van der Waals surface area contributed by atoms with Gasteiger partial charge in [0.2, 0.25) is 0 Å². The van der Waals surface area contributed by atoms with Crippen molar-refractivity contribution in [2.45, 2.75) is 19.4 Å². The van der Waals surface area contributed by atoms with Crippen LogP contribution in [0.1, 0.15) is 29.8 Å². The van der Waals surface area contributed by atoms with Gasteiger partial charge in [-0.15, -0.1) is 11.3 Å². The van der Waals surface area contributed by atoms with Crippen molar-refractivity contribution >= 4 is 38.9 Å². The third-order valence-corrected chi connectivity index (χ3v) is 4.87. The molecule has 2 aromatic rings. The molecule has 0 aliphatic carbocycles. The van der Waals surface area contributed by atoms with E-state index in [1.54, 1.807) is 11.3 Å². The minimum Gasteiger partial charge on any atom is -0.306 e. The normalized spacial score (nSPS) is 12.6. The summed E-state index contributed by atoms with van der Waals surface area (Å²) in [4.78, 5) is 1.32. The lowest BCUT2D eigenvalue weighted by molar-refractivity contribution is 0.606. The zero-order valence-corrected chi connectivity index (χ0v) is 13.3. The highest BCUT2D eigenvalue weighted by molar-refractivity contribution is 9.10. The van der Waals surface area contributed by atoms with Crippen LogP contribution in [0.4, 0.5) is 0 Å². The maximum Gasteiger partial charge on any atom is 0.0671 e. The first kappa shape index (κ1) is 14.1. The lowest BCUT2D eigenvalue weighted by Crippen LogP contribution is -2.22. The van der Waals surface area contributed by atoms with Crippen molar-refractivity contribution in [3.05, 3.63) is 55.6 Å². The molecule has 96 valence electrons. The Morgan fingerprint density at radius 1 is 1.39 bits per heavy atom. The molecule has 1 atom stereocenters. The fourth-order valence-corrected chi connectivity index (χ4v) is 3.08. The van der Waals surface area contributed by atoms with Crippen LogP contribution in [0, 0.1) is 0 Å². The van der Waals surface area contributed by atoms with E-state index in [0.29, 0.717) is 0 Å². The van der Waals surface area contributed by atoms with Crippen LogP contribution in [0.15, 0.2) is 40.2 Å². The summed E-state index contributed by atoms with van der Waals surface area (Å²) < 4.78 is 0.938. The minimum atomic E-state index is 0.232. The van der Waals surface area contributed by atoms with Crippen molar-refractivity contribution in [2.24, 2.45) is 0 Å². The van der Waals surface area contributed by atoms with Gasteiger partial charge >= 0.3 is 0 Å². The van der Waals surface area contributed by atoms with Crippen molar-refractivity contribution in [1.82, 2.24) is 5.32 Å². The van der Waals surface area contributed by atoms with Crippen LogP contribution in [0.3, 0.4) is 0 Å². The molecule has 0 fully saturated rings. The van der Waals surface area contributed by atoms with E-state index in [1.165, 1.54) is 10.4 Å².